The lowest BCUT2D eigenvalue weighted by atomic mass is 9.77. The van der Waals surface area contributed by atoms with Gasteiger partial charge in [0.25, 0.3) is 0 Å². The zero-order valence-electron chi connectivity index (χ0n) is 9.19. The monoisotopic (exact) mass is 270 g/mol. The molecule has 0 N–H and O–H groups in total. The van der Waals surface area contributed by atoms with Gasteiger partial charge >= 0.3 is 0 Å². The van der Waals surface area contributed by atoms with E-state index in [0.29, 0.717) is 11.8 Å². The van der Waals surface area contributed by atoms with Crippen LogP contribution >= 0.6 is 15.9 Å². The lowest BCUT2D eigenvalue weighted by Gasteiger charge is -2.29. The van der Waals surface area contributed by atoms with Gasteiger partial charge < -0.3 is 0 Å². The predicted molar refractivity (Wildman–Crippen MR) is 64.6 cm³/mol. The molecule has 0 bridgehead atoms. The van der Waals surface area contributed by atoms with Crippen LogP contribution in [0.15, 0.2) is 16.6 Å². The molecule has 1 unspecified atom stereocenters. The maximum Gasteiger partial charge on any atom is 0.127 e. The summed E-state index contributed by atoms with van der Waals surface area (Å²) in [6, 6.07) is 3.68. The van der Waals surface area contributed by atoms with E-state index in [1.807, 2.05) is 0 Å². The maximum atomic E-state index is 13.7. The van der Waals surface area contributed by atoms with Gasteiger partial charge in [0.2, 0.25) is 0 Å². The molecule has 0 aromatic heterocycles. The molecule has 0 saturated carbocycles. The van der Waals surface area contributed by atoms with Gasteiger partial charge in [0, 0.05) is 4.47 Å². The van der Waals surface area contributed by atoms with Gasteiger partial charge in [0.1, 0.15) is 5.82 Å². The van der Waals surface area contributed by atoms with Gasteiger partial charge in [-0.05, 0) is 54.4 Å². The van der Waals surface area contributed by atoms with Gasteiger partial charge in [-0.25, -0.2) is 4.39 Å². The Morgan fingerprint density at radius 1 is 1.40 bits per heavy atom. The molecule has 1 aromatic carbocycles. The normalized spacial score (nSPS) is 20.5. The molecular weight excluding hydrogens is 255 g/mol. The van der Waals surface area contributed by atoms with Crippen LogP contribution in [0.5, 0.6) is 0 Å². The summed E-state index contributed by atoms with van der Waals surface area (Å²) in [6.07, 6.45) is 3.21. The van der Waals surface area contributed by atoms with Gasteiger partial charge in [-0.2, -0.15) is 0 Å². The van der Waals surface area contributed by atoms with E-state index in [0.717, 1.165) is 22.9 Å². The van der Waals surface area contributed by atoms with Crippen molar-refractivity contribution in [3.63, 3.8) is 0 Å². The molecule has 1 atom stereocenters. The highest BCUT2D eigenvalue weighted by Gasteiger charge is 2.25. The van der Waals surface area contributed by atoms with E-state index >= 15 is 0 Å². The van der Waals surface area contributed by atoms with Crippen LogP contribution in [-0.4, -0.2) is 0 Å². The van der Waals surface area contributed by atoms with Crippen LogP contribution in [0, 0.1) is 11.7 Å². The lowest BCUT2D eigenvalue weighted by molar-refractivity contribution is 0.425. The highest BCUT2D eigenvalue weighted by atomic mass is 79.9. The van der Waals surface area contributed by atoms with E-state index in [1.165, 1.54) is 12.0 Å². The summed E-state index contributed by atoms with van der Waals surface area (Å²) in [7, 11) is 0. The number of rotatable bonds is 1. The highest BCUT2D eigenvalue weighted by Crippen LogP contribution is 2.39. The van der Waals surface area contributed by atoms with Crippen molar-refractivity contribution in [3.05, 3.63) is 33.5 Å². The van der Waals surface area contributed by atoms with Crippen molar-refractivity contribution in [2.45, 2.75) is 39.0 Å². The van der Waals surface area contributed by atoms with Crippen LogP contribution < -0.4 is 0 Å². The number of fused-ring (bicyclic) bond motifs is 1. The molecule has 1 aliphatic rings. The van der Waals surface area contributed by atoms with Crippen LogP contribution in [0.2, 0.25) is 0 Å². The molecule has 0 saturated heterocycles. The van der Waals surface area contributed by atoms with Gasteiger partial charge in [-0.3, -0.25) is 0 Å². The van der Waals surface area contributed by atoms with Crippen LogP contribution in [0.3, 0.4) is 0 Å². The topological polar surface area (TPSA) is 0 Å². The van der Waals surface area contributed by atoms with Crippen molar-refractivity contribution < 1.29 is 4.39 Å². The standard InChI is InChI=1S/C13H16BrF/c1-8(2)10-4-3-5-11-12(10)6-9(14)7-13(11)15/h6-8,10H,3-5H2,1-2H3. The predicted octanol–water partition coefficient (Wildman–Crippen LogP) is 4.66. The Morgan fingerprint density at radius 3 is 2.80 bits per heavy atom. The number of hydrogen-bond donors (Lipinski definition) is 0. The number of benzene rings is 1. The third kappa shape index (κ3) is 2.10. The number of halogens is 2. The third-order valence-corrected chi connectivity index (χ3v) is 3.80. The van der Waals surface area contributed by atoms with Crippen molar-refractivity contribution in [2.24, 2.45) is 5.92 Å². The first-order valence-electron chi connectivity index (χ1n) is 5.57. The summed E-state index contributed by atoms with van der Waals surface area (Å²) in [6.45, 7) is 4.44. The van der Waals surface area contributed by atoms with Crippen molar-refractivity contribution in [2.75, 3.05) is 0 Å². The van der Waals surface area contributed by atoms with Crippen LogP contribution in [0.25, 0.3) is 0 Å². The Hall–Kier alpha value is -0.370. The van der Waals surface area contributed by atoms with Crippen LogP contribution in [0.1, 0.15) is 43.7 Å². The largest absolute Gasteiger partial charge is 0.207 e. The smallest absolute Gasteiger partial charge is 0.127 e. The van der Waals surface area contributed by atoms with Gasteiger partial charge in [0.05, 0.1) is 0 Å². The first-order valence-corrected chi connectivity index (χ1v) is 6.36. The zero-order valence-corrected chi connectivity index (χ0v) is 10.8. The Kier molecular flexibility index (Phi) is 3.15. The Morgan fingerprint density at radius 2 is 2.13 bits per heavy atom. The average Bonchev–Trinajstić information content (AvgIpc) is 2.16. The molecule has 1 aliphatic carbocycles. The number of hydrogen-bond acceptors (Lipinski definition) is 0. The molecule has 0 fully saturated rings. The lowest BCUT2D eigenvalue weighted by Crippen LogP contribution is -2.16. The second kappa shape index (κ2) is 4.25. The van der Waals surface area contributed by atoms with Crippen molar-refractivity contribution in [3.8, 4) is 0 Å². The van der Waals surface area contributed by atoms with Gasteiger partial charge in [-0.1, -0.05) is 29.8 Å². The molecule has 15 heavy (non-hydrogen) atoms. The fourth-order valence-corrected chi connectivity index (χ4v) is 3.01. The van der Waals surface area contributed by atoms with E-state index in [1.54, 1.807) is 6.07 Å². The zero-order chi connectivity index (χ0) is 11.0. The van der Waals surface area contributed by atoms with E-state index < -0.39 is 0 Å². The van der Waals surface area contributed by atoms with E-state index in [9.17, 15) is 4.39 Å². The van der Waals surface area contributed by atoms with E-state index in [-0.39, 0.29) is 5.82 Å². The summed E-state index contributed by atoms with van der Waals surface area (Å²) in [5.74, 6) is 1.09. The van der Waals surface area contributed by atoms with E-state index in [2.05, 4.69) is 35.8 Å². The molecule has 0 aliphatic heterocycles. The Balaban J connectivity index is 2.50. The minimum atomic E-state index is -0.0373. The second-order valence-electron chi connectivity index (χ2n) is 4.70. The minimum absolute atomic E-state index is 0.0373. The molecule has 82 valence electrons. The van der Waals surface area contributed by atoms with E-state index in [4.69, 9.17) is 0 Å². The van der Waals surface area contributed by atoms with Crippen molar-refractivity contribution in [1.29, 1.82) is 0 Å². The molecule has 0 nitrogen and oxygen atoms in total. The summed E-state index contributed by atoms with van der Waals surface area (Å²) in [4.78, 5) is 0. The molecule has 2 heteroatoms. The molecule has 0 heterocycles. The summed E-state index contributed by atoms with van der Waals surface area (Å²) >= 11 is 3.38. The summed E-state index contributed by atoms with van der Waals surface area (Å²) in [5, 5.41) is 0. The molecular formula is C13H16BrF. The van der Waals surface area contributed by atoms with Crippen molar-refractivity contribution in [1.82, 2.24) is 0 Å². The maximum absolute atomic E-state index is 13.7. The molecule has 0 amide bonds. The Bertz CT molecular complexity index is 371. The second-order valence-corrected chi connectivity index (χ2v) is 5.61. The average molecular weight is 271 g/mol. The molecule has 1 aromatic rings. The third-order valence-electron chi connectivity index (χ3n) is 3.34. The van der Waals surface area contributed by atoms with Crippen LogP contribution in [0.4, 0.5) is 4.39 Å². The van der Waals surface area contributed by atoms with Gasteiger partial charge in [0.15, 0.2) is 0 Å². The van der Waals surface area contributed by atoms with Crippen LogP contribution in [-0.2, 0) is 6.42 Å². The van der Waals surface area contributed by atoms with Gasteiger partial charge in [-0.15, -0.1) is 0 Å². The quantitative estimate of drug-likeness (QED) is 0.696. The SMILES string of the molecule is CC(C)C1CCCc2c(F)cc(Br)cc21. The first-order chi connectivity index (χ1) is 7.09. The Labute approximate surface area is 99.0 Å². The highest BCUT2D eigenvalue weighted by molar-refractivity contribution is 9.10. The molecule has 0 radical (unpaired) electrons. The molecule has 0 spiro atoms. The summed E-state index contributed by atoms with van der Waals surface area (Å²) < 4.78 is 14.6. The molecule has 2 rings (SSSR count). The summed E-state index contributed by atoms with van der Waals surface area (Å²) in [5.41, 5.74) is 2.17. The fourth-order valence-electron chi connectivity index (χ4n) is 2.56. The first kappa shape index (κ1) is 11.1. The van der Waals surface area contributed by atoms with Crippen molar-refractivity contribution >= 4 is 15.9 Å². The fraction of sp³-hybridized carbons (Fsp3) is 0.538. The minimum Gasteiger partial charge on any atom is -0.207 e.